The average Bonchev–Trinajstić information content (AvgIpc) is 2.40. The Labute approximate surface area is 107 Å². The molecule has 0 aliphatic carbocycles. The third kappa shape index (κ3) is 3.42. The van der Waals surface area contributed by atoms with Gasteiger partial charge in [0.1, 0.15) is 17.2 Å². The van der Waals surface area contributed by atoms with Crippen molar-refractivity contribution >= 4 is 0 Å². The van der Waals surface area contributed by atoms with Gasteiger partial charge in [0, 0.05) is 12.5 Å². The van der Waals surface area contributed by atoms with Crippen LogP contribution >= 0.6 is 0 Å². The van der Waals surface area contributed by atoms with Crippen molar-refractivity contribution in [1.29, 1.82) is 0 Å². The highest BCUT2D eigenvalue weighted by atomic mass is 16.5. The van der Waals surface area contributed by atoms with Crippen molar-refractivity contribution in [2.24, 2.45) is 0 Å². The summed E-state index contributed by atoms with van der Waals surface area (Å²) in [4.78, 5) is 0. The molecule has 0 fully saturated rings. The fourth-order valence-corrected chi connectivity index (χ4v) is 1.65. The van der Waals surface area contributed by atoms with E-state index in [0.29, 0.717) is 12.4 Å². The third-order valence-electron chi connectivity index (χ3n) is 2.64. The van der Waals surface area contributed by atoms with Gasteiger partial charge in [-0.25, -0.2) is 0 Å². The van der Waals surface area contributed by atoms with Crippen LogP contribution in [0, 0.1) is 0 Å². The topological polar surface area (TPSA) is 38.7 Å². The van der Waals surface area contributed by atoms with Crippen molar-refractivity contribution in [3.63, 3.8) is 0 Å². The molecular weight excluding hydrogens is 228 g/mol. The third-order valence-corrected chi connectivity index (χ3v) is 2.64. The summed E-state index contributed by atoms with van der Waals surface area (Å²) in [5, 5.41) is 9.29. The second-order valence-electron chi connectivity index (χ2n) is 3.94. The smallest absolute Gasteiger partial charge is 0.122 e. The number of hydrogen-bond donors (Lipinski definition) is 1. The van der Waals surface area contributed by atoms with Gasteiger partial charge in [-0.1, -0.05) is 18.2 Å². The van der Waals surface area contributed by atoms with Crippen LogP contribution in [0.25, 0.3) is 0 Å². The highest BCUT2D eigenvalue weighted by Crippen LogP contribution is 2.18. The van der Waals surface area contributed by atoms with Crippen LogP contribution in [-0.2, 0) is 6.42 Å². The lowest BCUT2D eigenvalue weighted by Gasteiger charge is -2.07. The maximum Gasteiger partial charge on any atom is 0.122 e. The number of hydrogen-bond acceptors (Lipinski definition) is 3. The second kappa shape index (κ2) is 5.96. The summed E-state index contributed by atoms with van der Waals surface area (Å²) >= 11 is 0. The fourth-order valence-electron chi connectivity index (χ4n) is 1.65. The molecule has 0 unspecified atom stereocenters. The zero-order valence-corrected chi connectivity index (χ0v) is 10.3. The standard InChI is InChI=1S/C15H16O3/c1-17-14-7-5-12(6-8-14)9-10-18-15-4-2-3-13(16)11-15/h2-8,11,16H,9-10H2,1H3. The van der Waals surface area contributed by atoms with E-state index in [4.69, 9.17) is 9.47 Å². The number of benzene rings is 2. The van der Waals surface area contributed by atoms with E-state index in [1.807, 2.05) is 30.3 Å². The van der Waals surface area contributed by atoms with Gasteiger partial charge in [-0.3, -0.25) is 0 Å². The monoisotopic (exact) mass is 244 g/mol. The van der Waals surface area contributed by atoms with Gasteiger partial charge in [-0.2, -0.15) is 0 Å². The zero-order valence-electron chi connectivity index (χ0n) is 10.3. The molecule has 3 nitrogen and oxygen atoms in total. The van der Waals surface area contributed by atoms with Gasteiger partial charge in [0.25, 0.3) is 0 Å². The van der Waals surface area contributed by atoms with Crippen molar-refractivity contribution in [3.8, 4) is 17.2 Å². The van der Waals surface area contributed by atoms with Crippen LogP contribution in [0.5, 0.6) is 17.2 Å². The molecule has 0 amide bonds. The first-order valence-electron chi connectivity index (χ1n) is 5.83. The normalized spacial score (nSPS) is 10.1. The quantitative estimate of drug-likeness (QED) is 0.878. The first-order valence-corrected chi connectivity index (χ1v) is 5.83. The average molecular weight is 244 g/mol. The SMILES string of the molecule is COc1ccc(CCOc2cccc(O)c2)cc1. The lowest BCUT2D eigenvalue weighted by Crippen LogP contribution is -2.01. The predicted octanol–water partition coefficient (Wildman–Crippen LogP) is 3.02. The lowest BCUT2D eigenvalue weighted by atomic mass is 10.1. The minimum Gasteiger partial charge on any atom is -0.508 e. The maximum atomic E-state index is 9.29. The van der Waals surface area contributed by atoms with Crippen LogP contribution in [0.4, 0.5) is 0 Å². The molecule has 0 spiro atoms. The molecule has 0 aliphatic rings. The molecule has 2 aromatic rings. The largest absolute Gasteiger partial charge is 0.508 e. The Bertz CT molecular complexity index is 491. The number of methoxy groups -OCH3 is 1. The van der Waals surface area contributed by atoms with Crippen LogP contribution in [-0.4, -0.2) is 18.8 Å². The molecule has 3 heteroatoms. The summed E-state index contributed by atoms with van der Waals surface area (Å²) in [5.41, 5.74) is 1.19. The minimum absolute atomic E-state index is 0.219. The van der Waals surface area contributed by atoms with Crippen molar-refractivity contribution in [2.45, 2.75) is 6.42 Å². The van der Waals surface area contributed by atoms with Gasteiger partial charge >= 0.3 is 0 Å². The van der Waals surface area contributed by atoms with E-state index in [1.54, 1.807) is 25.3 Å². The summed E-state index contributed by atoms with van der Waals surface area (Å²) in [7, 11) is 1.65. The molecule has 0 atom stereocenters. The molecule has 2 aromatic carbocycles. The van der Waals surface area contributed by atoms with E-state index in [0.717, 1.165) is 12.2 Å². The molecule has 0 saturated heterocycles. The Hall–Kier alpha value is -2.16. The fraction of sp³-hybridized carbons (Fsp3) is 0.200. The molecule has 0 saturated carbocycles. The summed E-state index contributed by atoms with van der Waals surface area (Å²) in [6.45, 7) is 0.579. The number of phenols is 1. The minimum atomic E-state index is 0.219. The Kier molecular flexibility index (Phi) is 4.07. The maximum absolute atomic E-state index is 9.29. The molecular formula is C15H16O3. The predicted molar refractivity (Wildman–Crippen MR) is 70.3 cm³/mol. The first-order chi connectivity index (χ1) is 8.78. The highest BCUT2D eigenvalue weighted by molar-refractivity contribution is 5.32. The van der Waals surface area contributed by atoms with Crippen LogP contribution in [0.1, 0.15) is 5.56 Å². The number of rotatable bonds is 5. The molecule has 94 valence electrons. The highest BCUT2D eigenvalue weighted by Gasteiger charge is 1.97. The molecule has 0 aliphatic heterocycles. The summed E-state index contributed by atoms with van der Waals surface area (Å²) in [5.74, 6) is 1.76. The summed E-state index contributed by atoms with van der Waals surface area (Å²) in [6, 6.07) is 14.7. The van der Waals surface area contributed by atoms with E-state index >= 15 is 0 Å². The Morgan fingerprint density at radius 3 is 2.44 bits per heavy atom. The Balaban J connectivity index is 1.84. The van der Waals surface area contributed by atoms with Gasteiger partial charge < -0.3 is 14.6 Å². The first kappa shape index (κ1) is 12.3. The molecule has 18 heavy (non-hydrogen) atoms. The van der Waals surface area contributed by atoms with Crippen LogP contribution < -0.4 is 9.47 Å². The summed E-state index contributed by atoms with van der Waals surface area (Å²) in [6.07, 6.45) is 0.819. The van der Waals surface area contributed by atoms with Gasteiger partial charge in [0.15, 0.2) is 0 Å². The van der Waals surface area contributed by atoms with Gasteiger partial charge in [-0.15, -0.1) is 0 Å². The second-order valence-corrected chi connectivity index (χ2v) is 3.94. The van der Waals surface area contributed by atoms with Gasteiger partial charge in [0.2, 0.25) is 0 Å². The van der Waals surface area contributed by atoms with E-state index in [-0.39, 0.29) is 5.75 Å². The summed E-state index contributed by atoms with van der Waals surface area (Å²) < 4.78 is 10.7. The molecule has 0 radical (unpaired) electrons. The Morgan fingerprint density at radius 1 is 1.00 bits per heavy atom. The number of aromatic hydroxyl groups is 1. The van der Waals surface area contributed by atoms with Crippen LogP contribution in [0.3, 0.4) is 0 Å². The van der Waals surface area contributed by atoms with Crippen LogP contribution in [0.15, 0.2) is 48.5 Å². The van der Waals surface area contributed by atoms with Crippen molar-refractivity contribution < 1.29 is 14.6 Å². The molecule has 0 heterocycles. The van der Waals surface area contributed by atoms with Gasteiger partial charge in [-0.05, 0) is 29.8 Å². The molecule has 0 bridgehead atoms. The van der Waals surface area contributed by atoms with Crippen molar-refractivity contribution in [2.75, 3.05) is 13.7 Å². The molecule has 2 rings (SSSR count). The zero-order chi connectivity index (χ0) is 12.8. The Morgan fingerprint density at radius 2 is 1.78 bits per heavy atom. The van der Waals surface area contributed by atoms with E-state index in [9.17, 15) is 5.11 Å². The van der Waals surface area contributed by atoms with E-state index < -0.39 is 0 Å². The molecule has 1 N–H and O–H groups in total. The van der Waals surface area contributed by atoms with Gasteiger partial charge in [0.05, 0.1) is 13.7 Å². The van der Waals surface area contributed by atoms with Crippen LogP contribution in [0.2, 0.25) is 0 Å². The van der Waals surface area contributed by atoms with Crippen molar-refractivity contribution in [3.05, 3.63) is 54.1 Å². The molecule has 0 aromatic heterocycles. The van der Waals surface area contributed by atoms with E-state index in [2.05, 4.69) is 0 Å². The number of ether oxygens (including phenoxy) is 2. The lowest BCUT2D eigenvalue weighted by molar-refractivity contribution is 0.320. The van der Waals surface area contributed by atoms with E-state index in [1.165, 1.54) is 5.56 Å². The van der Waals surface area contributed by atoms with Crippen molar-refractivity contribution in [1.82, 2.24) is 0 Å². The number of phenolic OH excluding ortho intramolecular Hbond substituents is 1.